The first-order valence-electron chi connectivity index (χ1n) is 2.03. The second-order valence-electron chi connectivity index (χ2n) is 1.00. The smallest absolute Gasteiger partial charge is 0.177 e. The molecule has 3 nitrogen and oxygen atoms in total. The summed E-state index contributed by atoms with van der Waals surface area (Å²) >= 11 is 1.10. The second kappa shape index (κ2) is 4.70. The van der Waals surface area contributed by atoms with E-state index in [-0.39, 0.29) is 5.17 Å². The van der Waals surface area contributed by atoms with E-state index in [2.05, 4.69) is 5.10 Å². The molecule has 0 amide bonds. The molecule has 4 N–H and O–H groups in total. The Morgan fingerprint density at radius 1 is 1.75 bits per heavy atom. The van der Waals surface area contributed by atoms with Gasteiger partial charge in [-0.15, -0.1) is 0 Å². The van der Waals surface area contributed by atoms with E-state index >= 15 is 0 Å². The molecule has 0 aromatic carbocycles. The summed E-state index contributed by atoms with van der Waals surface area (Å²) < 4.78 is 11.3. The first kappa shape index (κ1) is 7.55. The van der Waals surface area contributed by atoms with Gasteiger partial charge >= 0.3 is 0 Å². The van der Waals surface area contributed by atoms with Crippen LogP contribution < -0.4 is 11.6 Å². The Bertz CT molecular complexity index is 84.6. The van der Waals surface area contributed by atoms with E-state index in [4.69, 9.17) is 11.6 Å². The second-order valence-corrected chi connectivity index (χ2v) is 2.12. The molecule has 8 heavy (non-hydrogen) atoms. The third-order valence-electron chi connectivity index (χ3n) is 0.454. The van der Waals surface area contributed by atoms with Crippen LogP contribution in [0.5, 0.6) is 0 Å². The van der Waals surface area contributed by atoms with Gasteiger partial charge in [0, 0.05) is 5.75 Å². The summed E-state index contributed by atoms with van der Waals surface area (Å²) in [6.07, 6.45) is 0. The molecule has 0 rings (SSSR count). The fraction of sp³-hybridized carbons (Fsp3) is 0.667. The van der Waals surface area contributed by atoms with Crippen molar-refractivity contribution < 1.29 is 4.39 Å². The molecule has 0 atom stereocenters. The molecule has 0 heterocycles. The van der Waals surface area contributed by atoms with Gasteiger partial charge in [-0.05, 0) is 0 Å². The normalized spacial score (nSPS) is 11.9. The zero-order valence-corrected chi connectivity index (χ0v) is 5.12. The third-order valence-corrected chi connectivity index (χ3v) is 1.21. The molecule has 48 valence electrons. The Hall–Kier alpha value is -0.450. The van der Waals surface area contributed by atoms with Crippen molar-refractivity contribution in [3.8, 4) is 0 Å². The fourth-order valence-corrected chi connectivity index (χ4v) is 0.541. The van der Waals surface area contributed by atoms with Crippen LogP contribution in [0, 0.1) is 0 Å². The zero-order valence-electron chi connectivity index (χ0n) is 4.30. The molecule has 0 aliphatic carbocycles. The van der Waals surface area contributed by atoms with Gasteiger partial charge in [-0.2, -0.15) is 5.10 Å². The lowest BCUT2D eigenvalue weighted by molar-refractivity contribution is 0.533. The number of hydrazone groups is 1. The predicted molar refractivity (Wildman–Crippen MR) is 34.2 cm³/mol. The van der Waals surface area contributed by atoms with Gasteiger partial charge in [-0.25, -0.2) is 0 Å². The van der Waals surface area contributed by atoms with Gasteiger partial charge in [-0.3, -0.25) is 4.39 Å². The average molecular weight is 137 g/mol. The van der Waals surface area contributed by atoms with Crippen molar-refractivity contribution in [1.82, 2.24) is 0 Å². The summed E-state index contributed by atoms with van der Waals surface area (Å²) in [5.74, 6) is 5.06. The summed E-state index contributed by atoms with van der Waals surface area (Å²) in [5.41, 5.74) is 5.08. The molecule has 0 saturated heterocycles. The van der Waals surface area contributed by atoms with Gasteiger partial charge in [0.15, 0.2) is 5.17 Å². The SMILES string of the molecule is NN=C(N)SCCF. The molecule has 0 saturated carbocycles. The number of nitrogens with two attached hydrogens (primary N) is 2. The summed E-state index contributed by atoms with van der Waals surface area (Å²) in [6, 6.07) is 0. The average Bonchev–Trinajstić information content (AvgIpc) is 1.83. The number of hydrogen-bond donors (Lipinski definition) is 2. The largest absolute Gasteiger partial charge is 0.377 e. The van der Waals surface area contributed by atoms with Gasteiger partial charge in [0.2, 0.25) is 0 Å². The zero-order chi connectivity index (χ0) is 6.41. The number of hydrogen-bond acceptors (Lipinski definition) is 3. The van der Waals surface area contributed by atoms with E-state index in [0.717, 1.165) is 11.8 Å². The molecule has 0 spiro atoms. The van der Waals surface area contributed by atoms with Gasteiger partial charge in [0.25, 0.3) is 0 Å². The summed E-state index contributed by atoms with van der Waals surface area (Å²) in [6.45, 7) is -0.402. The minimum atomic E-state index is -0.402. The summed E-state index contributed by atoms with van der Waals surface area (Å²) in [5, 5.41) is 3.34. The van der Waals surface area contributed by atoms with E-state index in [1.54, 1.807) is 0 Å². The van der Waals surface area contributed by atoms with E-state index in [9.17, 15) is 4.39 Å². The molecule has 0 radical (unpaired) electrons. The van der Waals surface area contributed by atoms with Gasteiger partial charge < -0.3 is 11.6 Å². The van der Waals surface area contributed by atoms with Crippen molar-refractivity contribution >= 4 is 16.9 Å². The molecular formula is C3H8FN3S. The molecule has 0 aromatic rings. The molecule has 0 aromatic heterocycles. The highest BCUT2D eigenvalue weighted by Gasteiger charge is 1.89. The lowest BCUT2D eigenvalue weighted by atomic mass is 10.9. The minimum absolute atomic E-state index is 0.225. The molecule has 5 heteroatoms. The van der Waals surface area contributed by atoms with Gasteiger partial charge in [-0.1, -0.05) is 11.8 Å². The number of alkyl halides is 1. The lowest BCUT2D eigenvalue weighted by Gasteiger charge is -1.91. The maximum absolute atomic E-state index is 11.3. The topological polar surface area (TPSA) is 64.4 Å². The highest BCUT2D eigenvalue weighted by atomic mass is 32.2. The number of thioether (sulfide) groups is 1. The molecule has 0 unspecified atom stereocenters. The van der Waals surface area contributed by atoms with E-state index in [1.165, 1.54) is 0 Å². The van der Waals surface area contributed by atoms with Crippen molar-refractivity contribution in [3.63, 3.8) is 0 Å². The van der Waals surface area contributed by atoms with Crippen LogP contribution in [0.15, 0.2) is 5.10 Å². The highest BCUT2D eigenvalue weighted by Crippen LogP contribution is 1.96. The maximum atomic E-state index is 11.3. The van der Waals surface area contributed by atoms with Crippen LogP contribution in [0.2, 0.25) is 0 Å². The number of amidine groups is 1. The van der Waals surface area contributed by atoms with Crippen LogP contribution >= 0.6 is 11.8 Å². The van der Waals surface area contributed by atoms with Crippen LogP contribution in [0.3, 0.4) is 0 Å². The van der Waals surface area contributed by atoms with Crippen molar-refractivity contribution in [2.75, 3.05) is 12.4 Å². The van der Waals surface area contributed by atoms with Crippen LogP contribution in [0.4, 0.5) is 4.39 Å². The fourth-order valence-electron chi connectivity index (χ4n) is 0.180. The Morgan fingerprint density at radius 3 is 2.75 bits per heavy atom. The molecule has 0 bridgehead atoms. The Kier molecular flexibility index (Phi) is 4.44. The predicted octanol–water partition coefficient (Wildman–Crippen LogP) is -0.123. The molecule has 0 aliphatic heterocycles. The van der Waals surface area contributed by atoms with Crippen molar-refractivity contribution in [3.05, 3.63) is 0 Å². The molecular weight excluding hydrogens is 129 g/mol. The van der Waals surface area contributed by atoms with E-state index in [1.807, 2.05) is 0 Å². The summed E-state index contributed by atoms with van der Waals surface area (Å²) in [4.78, 5) is 0. The van der Waals surface area contributed by atoms with E-state index in [0.29, 0.717) is 5.75 Å². The Morgan fingerprint density at radius 2 is 2.38 bits per heavy atom. The number of halogens is 1. The van der Waals surface area contributed by atoms with Crippen LogP contribution in [-0.4, -0.2) is 17.6 Å². The maximum Gasteiger partial charge on any atom is 0.177 e. The first-order valence-corrected chi connectivity index (χ1v) is 3.02. The number of nitrogens with zero attached hydrogens (tertiary/aromatic N) is 1. The highest BCUT2D eigenvalue weighted by molar-refractivity contribution is 8.13. The first-order chi connectivity index (χ1) is 3.81. The quantitative estimate of drug-likeness (QED) is 0.241. The van der Waals surface area contributed by atoms with Gasteiger partial charge in [0.1, 0.15) is 0 Å². The van der Waals surface area contributed by atoms with Crippen molar-refractivity contribution in [1.29, 1.82) is 0 Å². The van der Waals surface area contributed by atoms with Crippen LogP contribution in [0.1, 0.15) is 0 Å². The molecule has 0 aliphatic rings. The standard InChI is InChI=1S/C3H8FN3S/c4-1-2-8-3(5)7-6/h1-2,6H2,(H2,5,7). The Balaban J connectivity index is 3.12. The summed E-state index contributed by atoms with van der Waals surface area (Å²) in [7, 11) is 0. The Labute approximate surface area is 51.3 Å². The van der Waals surface area contributed by atoms with E-state index < -0.39 is 6.67 Å². The minimum Gasteiger partial charge on any atom is -0.377 e. The lowest BCUT2D eigenvalue weighted by Crippen LogP contribution is -2.10. The monoisotopic (exact) mass is 137 g/mol. The van der Waals surface area contributed by atoms with Gasteiger partial charge in [0.05, 0.1) is 6.67 Å². The van der Waals surface area contributed by atoms with Crippen LogP contribution in [0.25, 0.3) is 0 Å². The van der Waals surface area contributed by atoms with Crippen LogP contribution in [-0.2, 0) is 0 Å². The van der Waals surface area contributed by atoms with Crippen molar-refractivity contribution in [2.45, 2.75) is 0 Å². The third kappa shape index (κ3) is 3.73. The van der Waals surface area contributed by atoms with Crippen molar-refractivity contribution in [2.24, 2.45) is 16.7 Å². The molecule has 0 fully saturated rings. The number of rotatable bonds is 2.